The van der Waals surface area contributed by atoms with Crippen molar-refractivity contribution in [2.24, 2.45) is 0 Å². The largest absolute Gasteiger partial charge is 0.478 e. The molecule has 0 bridgehead atoms. The van der Waals surface area contributed by atoms with Gasteiger partial charge in [-0.05, 0) is 24.6 Å². The molecule has 0 aliphatic carbocycles. The van der Waals surface area contributed by atoms with Crippen LogP contribution in [0, 0.1) is 0 Å². The molecule has 0 saturated carbocycles. The number of carboxylic acids is 1. The van der Waals surface area contributed by atoms with E-state index < -0.39 is 18.2 Å². The molecule has 1 atom stereocenters. The first-order valence-corrected chi connectivity index (χ1v) is 4.91. The lowest BCUT2D eigenvalue weighted by Crippen LogP contribution is -2.30. The van der Waals surface area contributed by atoms with Gasteiger partial charge in [0, 0.05) is 5.69 Å². The van der Waals surface area contributed by atoms with Crippen molar-refractivity contribution in [3.05, 3.63) is 42.5 Å². The number of aliphatic carboxylic acids is 1. The molecule has 90 valence electrons. The molecular formula is C12H13NO4. The summed E-state index contributed by atoms with van der Waals surface area (Å²) in [5.41, 5.74) is 0.782. The van der Waals surface area contributed by atoms with E-state index in [9.17, 15) is 9.59 Å². The number of carboxylic acid groups (broad SMARTS) is 1. The van der Waals surface area contributed by atoms with E-state index in [0.29, 0.717) is 5.69 Å². The third-order valence-electron chi connectivity index (χ3n) is 1.92. The van der Waals surface area contributed by atoms with Gasteiger partial charge in [0.2, 0.25) is 6.10 Å². The molecule has 1 aromatic carbocycles. The zero-order valence-corrected chi connectivity index (χ0v) is 9.34. The second-order valence-electron chi connectivity index (χ2n) is 3.46. The Morgan fingerprint density at radius 3 is 2.41 bits per heavy atom. The van der Waals surface area contributed by atoms with Crippen LogP contribution in [0.15, 0.2) is 42.5 Å². The average Bonchev–Trinajstić information content (AvgIpc) is 2.26. The van der Waals surface area contributed by atoms with E-state index in [1.165, 1.54) is 6.92 Å². The van der Waals surface area contributed by atoms with Crippen molar-refractivity contribution in [2.75, 3.05) is 5.32 Å². The van der Waals surface area contributed by atoms with Crippen molar-refractivity contribution in [3.63, 3.8) is 0 Å². The lowest BCUT2D eigenvalue weighted by atomic mass is 10.2. The minimum absolute atomic E-state index is 0.251. The number of hydrogen-bond acceptors (Lipinski definition) is 3. The maximum absolute atomic E-state index is 11.4. The molecule has 0 fully saturated rings. The lowest BCUT2D eigenvalue weighted by molar-refractivity contribution is -0.144. The highest BCUT2D eigenvalue weighted by molar-refractivity contribution is 5.87. The second kappa shape index (κ2) is 5.69. The summed E-state index contributed by atoms with van der Waals surface area (Å²) in [5.74, 6) is -1.25. The standard InChI is InChI=1S/C12H13NO4/c1-8(2)10(11(14)15)17-12(16)13-9-6-4-3-5-7-9/h3-7,10H,1H2,2H3,(H,13,16)(H,14,15). The van der Waals surface area contributed by atoms with Crippen LogP contribution in [0.25, 0.3) is 0 Å². The number of para-hydroxylation sites is 1. The van der Waals surface area contributed by atoms with E-state index in [2.05, 4.69) is 11.9 Å². The van der Waals surface area contributed by atoms with Crippen LogP contribution >= 0.6 is 0 Å². The number of carbonyl (C=O) groups excluding carboxylic acids is 1. The van der Waals surface area contributed by atoms with E-state index >= 15 is 0 Å². The third-order valence-corrected chi connectivity index (χ3v) is 1.92. The monoisotopic (exact) mass is 235 g/mol. The van der Waals surface area contributed by atoms with Crippen LogP contribution in [0.1, 0.15) is 6.92 Å². The summed E-state index contributed by atoms with van der Waals surface area (Å²) in [6.07, 6.45) is -2.16. The number of rotatable bonds is 4. The summed E-state index contributed by atoms with van der Waals surface area (Å²) in [6, 6.07) is 8.60. The molecule has 17 heavy (non-hydrogen) atoms. The van der Waals surface area contributed by atoms with Crippen LogP contribution in [-0.4, -0.2) is 23.3 Å². The molecule has 5 nitrogen and oxygen atoms in total. The molecule has 1 rings (SSSR count). The Bertz CT molecular complexity index is 413. The Hall–Kier alpha value is -2.30. The zero-order chi connectivity index (χ0) is 12.8. The third kappa shape index (κ3) is 3.98. The van der Waals surface area contributed by atoms with Gasteiger partial charge in [0.1, 0.15) is 0 Å². The molecule has 2 N–H and O–H groups in total. The quantitative estimate of drug-likeness (QED) is 0.785. The first kappa shape index (κ1) is 12.8. The van der Waals surface area contributed by atoms with E-state index in [1.54, 1.807) is 30.3 Å². The lowest BCUT2D eigenvalue weighted by Gasteiger charge is -2.13. The van der Waals surface area contributed by atoms with Crippen molar-refractivity contribution >= 4 is 17.7 Å². The number of benzene rings is 1. The van der Waals surface area contributed by atoms with Gasteiger partial charge in [-0.2, -0.15) is 0 Å². The Morgan fingerprint density at radius 1 is 1.35 bits per heavy atom. The average molecular weight is 235 g/mol. The van der Waals surface area contributed by atoms with Gasteiger partial charge in [0.25, 0.3) is 0 Å². The molecule has 0 saturated heterocycles. The van der Waals surface area contributed by atoms with Crippen LogP contribution in [-0.2, 0) is 9.53 Å². The van der Waals surface area contributed by atoms with E-state index in [1.807, 2.05) is 0 Å². The predicted octanol–water partition coefficient (Wildman–Crippen LogP) is 2.26. The van der Waals surface area contributed by atoms with Gasteiger partial charge in [0.15, 0.2) is 0 Å². The topological polar surface area (TPSA) is 75.6 Å². The van der Waals surface area contributed by atoms with E-state index in [0.717, 1.165) is 0 Å². The Balaban J connectivity index is 2.60. The predicted molar refractivity (Wildman–Crippen MR) is 62.8 cm³/mol. The molecule has 0 aromatic heterocycles. The molecule has 0 heterocycles. The highest BCUT2D eigenvalue weighted by Gasteiger charge is 2.22. The second-order valence-corrected chi connectivity index (χ2v) is 3.46. The first-order chi connectivity index (χ1) is 8.00. The Labute approximate surface area is 98.7 Å². The maximum atomic E-state index is 11.4. The first-order valence-electron chi connectivity index (χ1n) is 4.91. The fraction of sp³-hybridized carbons (Fsp3) is 0.167. The molecule has 5 heteroatoms. The van der Waals surface area contributed by atoms with Crippen molar-refractivity contribution in [1.29, 1.82) is 0 Å². The molecule has 0 radical (unpaired) electrons. The molecule has 1 amide bonds. The minimum atomic E-state index is -1.33. The number of anilines is 1. The molecule has 0 aliphatic rings. The van der Waals surface area contributed by atoms with E-state index in [-0.39, 0.29) is 5.57 Å². The molecular weight excluding hydrogens is 222 g/mol. The van der Waals surface area contributed by atoms with Crippen LogP contribution < -0.4 is 5.32 Å². The zero-order valence-electron chi connectivity index (χ0n) is 9.34. The number of nitrogens with one attached hydrogen (secondary N) is 1. The minimum Gasteiger partial charge on any atom is -0.478 e. The van der Waals surface area contributed by atoms with Gasteiger partial charge in [-0.3, -0.25) is 5.32 Å². The Morgan fingerprint density at radius 2 is 1.94 bits per heavy atom. The smallest absolute Gasteiger partial charge is 0.412 e. The van der Waals surface area contributed by atoms with Gasteiger partial charge < -0.3 is 9.84 Å². The van der Waals surface area contributed by atoms with Crippen molar-refractivity contribution in [1.82, 2.24) is 0 Å². The summed E-state index contributed by atoms with van der Waals surface area (Å²) in [5, 5.41) is 11.2. The highest BCUT2D eigenvalue weighted by atomic mass is 16.6. The summed E-state index contributed by atoms with van der Waals surface area (Å²) in [4.78, 5) is 22.2. The summed E-state index contributed by atoms with van der Waals surface area (Å²) in [6.45, 7) is 4.93. The van der Waals surface area contributed by atoms with Crippen LogP contribution in [0.3, 0.4) is 0 Å². The van der Waals surface area contributed by atoms with Gasteiger partial charge in [-0.1, -0.05) is 24.8 Å². The molecule has 1 unspecified atom stereocenters. The van der Waals surface area contributed by atoms with Gasteiger partial charge in [0.05, 0.1) is 0 Å². The molecule has 0 spiro atoms. The van der Waals surface area contributed by atoms with E-state index in [4.69, 9.17) is 9.84 Å². The van der Waals surface area contributed by atoms with Crippen molar-refractivity contribution in [2.45, 2.75) is 13.0 Å². The highest BCUT2D eigenvalue weighted by Crippen LogP contribution is 2.09. The fourth-order valence-electron chi connectivity index (χ4n) is 1.14. The van der Waals surface area contributed by atoms with Crippen LogP contribution in [0.2, 0.25) is 0 Å². The SMILES string of the molecule is C=C(C)C(OC(=O)Nc1ccccc1)C(=O)O. The number of ether oxygens (including phenoxy) is 1. The number of amides is 1. The van der Waals surface area contributed by atoms with Gasteiger partial charge in [-0.25, -0.2) is 9.59 Å². The summed E-state index contributed by atoms with van der Waals surface area (Å²) < 4.78 is 4.73. The fourth-order valence-corrected chi connectivity index (χ4v) is 1.14. The Kier molecular flexibility index (Phi) is 4.28. The van der Waals surface area contributed by atoms with Crippen molar-refractivity contribution < 1.29 is 19.4 Å². The number of carbonyl (C=O) groups is 2. The summed E-state index contributed by atoms with van der Waals surface area (Å²) >= 11 is 0. The van der Waals surface area contributed by atoms with Crippen molar-refractivity contribution in [3.8, 4) is 0 Å². The molecule has 0 aliphatic heterocycles. The van der Waals surface area contributed by atoms with Crippen LogP contribution in [0.5, 0.6) is 0 Å². The number of hydrogen-bond donors (Lipinski definition) is 2. The maximum Gasteiger partial charge on any atom is 0.412 e. The normalized spacial score (nSPS) is 11.4. The van der Waals surface area contributed by atoms with Crippen LogP contribution in [0.4, 0.5) is 10.5 Å². The summed E-state index contributed by atoms with van der Waals surface area (Å²) in [7, 11) is 0. The van der Waals surface area contributed by atoms with Gasteiger partial charge in [-0.15, -0.1) is 0 Å². The van der Waals surface area contributed by atoms with Gasteiger partial charge >= 0.3 is 12.1 Å². The molecule has 1 aromatic rings.